The Labute approximate surface area is 148 Å². The maximum atomic E-state index is 13.0. The molecule has 1 aromatic rings. The van der Waals surface area contributed by atoms with Crippen LogP contribution in [-0.4, -0.2) is 49.8 Å². The summed E-state index contributed by atoms with van der Waals surface area (Å²) < 4.78 is 39.8. The van der Waals surface area contributed by atoms with Crippen molar-refractivity contribution in [2.75, 3.05) is 26.2 Å². The number of sulfonamides is 1. The fourth-order valence-electron chi connectivity index (χ4n) is 3.38. The Bertz CT molecular complexity index is 702. The Kier molecular flexibility index (Phi) is 5.71. The first kappa shape index (κ1) is 18.3. The average Bonchev–Trinajstić information content (AvgIpc) is 2.63. The monoisotopic (exact) mass is 369 g/mol. The lowest BCUT2D eigenvalue weighted by Gasteiger charge is -2.33. The second-order valence-electron chi connectivity index (χ2n) is 6.68. The molecular formula is C17H24FN3O3S. The number of halogens is 1. The minimum atomic E-state index is -3.71. The van der Waals surface area contributed by atoms with Crippen LogP contribution in [0.25, 0.3) is 0 Å². The van der Waals surface area contributed by atoms with Crippen LogP contribution in [0.4, 0.5) is 4.39 Å². The molecule has 1 amide bonds. The molecule has 2 saturated heterocycles. The molecule has 2 heterocycles. The van der Waals surface area contributed by atoms with Gasteiger partial charge in [-0.15, -0.1) is 0 Å². The standard InChI is InChI=1S/C17H24FN3O3S/c18-15-6-8-16(9-7-15)25(23,24)21-12-4-5-14(13-21)17(22)19-20-10-2-1-3-11-20/h6-9,14H,1-5,10-13H2,(H,19,22)/t14-/m0/s1. The normalized spacial score (nSPS) is 23.3. The molecule has 8 heteroatoms. The number of carbonyl (C=O) groups is 1. The van der Waals surface area contributed by atoms with Crippen LogP contribution in [0.2, 0.25) is 0 Å². The van der Waals surface area contributed by atoms with E-state index in [0.717, 1.165) is 38.1 Å². The molecule has 25 heavy (non-hydrogen) atoms. The maximum Gasteiger partial charge on any atom is 0.243 e. The number of nitrogens with zero attached hydrogens (tertiary/aromatic N) is 2. The molecule has 2 aliphatic rings. The number of hydrogen-bond donors (Lipinski definition) is 1. The fourth-order valence-corrected chi connectivity index (χ4v) is 4.91. The number of carbonyl (C=O) groups excluding carboxylic acids is 1. The summed E-state index contributed by atoms with van der Waals surface area (Å²) in [7, 11) is -3.71. The number of piperidine rings is 2. The molecule has 2 fully saturated rings. The van der Waals surface area contributed by atoms with Crippen molar-refractivity contribution in [1.82, 2.24) is 14.7 Å². The molecule has 0 radical (unpaired) electrons. The first-order valence-electron chi connectivity index (χ1n) is 8.78. The van der Waals surface area contributed by atoms with Crippen LogP contribution >= 0.6 is 0 Å². The van der Waals surface area contributed by atoms with Crippen molar-refractivity contribution in [1.29, 1.82) is 0 Å². The van der Waals surface area contributed by atoms with Crippen molar-refractivity contribution in [3.63, 3.8) is 0 Å². The van der Waals surface area contributed by atoms with Crippen molar-refractivity contribution in [3.8, 4) is 0 Å². The molecular weight excluding hydrogens is 345 g/mol. The van der Waals surface area contributed by atoms with Crippen LogP contribution in [0.1, 0.15) is 32.1 Å². The Hall–Kier alpha value is -1.51. The van der Waals surface area contributed by atoms with Gasteiger partial charge in [0, 0.05) is 26.2 Å². The van der Waals surface area contributed by atoms with Gasteiger partial charge in [-0.2, -0.15) is 4.31 Å². The van der Waals surface area contributed by atoms with Gasteiger partial charge in [-0.1, -0.05) is 6.42 Å². The second kappa shape index (κ2) is 7.80. The number of hydrazine groups is 1. The van der Waals surface area contributed by atoms with Crippen molar-refractivity contribution < 1.29 is 17.6 Å². The van der Waals surface area contributed by atoms with Crippen LogP contribution in [0.3, 0.4) is 0 Å². The maximum absolute atomic E-state index is 13.0. The SMILES string of the molecule is O=C(NN1CCCCC1)[C@H]1CCCN(S(=O)(=O)c2ccc(F)cc2)C1. The molecule has 0 spiro atoms. The molecule has 2 aliphatic heterocycles. The highest BCUT2D eigenvalue weighted by Crippen LogP contribution is 2.24. The molecule has 0 aliphatic carbocycles. The summed E-state index contributed by atoms with van der Waals surface area (Å²) in [5.74, 6) is -0.941. The third-order valence-corrected chi connectivity index (χ3v) is 6.71. The van der Waals surface area contributed by atoms with Crippen LogP contribution in [0, 0.1) is 11.7 Å². The zero-order valence-corrected chi connectivity index (χ0v) is 15.0. The summed E-state index contributed by atoms with van der Waals surface area (Å²) in [4.78, 5) is 12.6. The fraction of sp³-hybridized carbons (Fsp3) is 0.588. The lowest BCUT2D eigenvalue weighted by molar-refractivity contribution is -0.131. The van der Waals surface area contributed by atoms with Gasteiger partial charge in [-0.25, -0.2) is 17.8 Å². The predicted octanol–water partition coefficient (Wildman–Crippen LogP) is 1.74. The average molecular weight is 369 g/mol. The van der Waals surface area contributed by atoms with E-state index in [0.29, 0.717) is 19.4 Å². The minimum Gasteiger partial charge on any atom is -0.289 e. The van der Waals surface area contributed by atoms with Gasteiger partial charge in [0.1, 0.15) is 5.82 Å². The quantitative estimate of drug-likeness (QED) is 0.878. The van der Waals surface area contributed by atoms with Crippen molar-refractivity contribution in [2.45, 2.75) is 37.0 Å². The molecule has 1 atom stereocenters. The van der Waals surface area contributed by atoms with E-state index in [1.165, 1.54) is 22.9 Å². The molecule has 0 aromatic heterocycles. The van der Waals surface area contributed by atoms with E-state index in [4.69, 9.17) is 0 Å². The molecule has 0 bridgehead atoms. The number of amides is 1. The smallest absolute Gasteiger partial charge is 0.243 e. The third-order valence-electron chi connectivity index (χ3n) is 4.83. The Balaban J connectivity index is 1.65. The highest BCUT2D eigenvalue weighted by atomic mass is 32.2. The zero-order chi connectivity index (χ0) is 17.9. The van der Waals surface area contributed by atoms with Gasteiger partial charge < -0.3 is 0 Å². The number of hydrogen-bond acceptors (Lipinski definition) is 4. The molecule has 0 saturated carbocycles. The number of nitrogens with one attached hydrogen (secondary N) is 1. The number of rotatable bonds is 4. The van der Waals surface area contributed by atoms with E-state index >= 15 is 0 Å². The zero-order valence-electron chi connectivity index (χ0n) is 14.2. The van der Waals surface area contributed by atoms with E-state index in [2.05, 4.69) is 5.43 Å². The highest BCUT2D eigenvalue weighted by molar-refractivity contribution is 7.89. The predicted molar refractivity (Wildman–Crippen MR) is 91.4 cm³/mol. The van der Waals surface area contributed by atoms with Gasteiger partial charge >= 0.3 is 0 Å². The first-order chi connectivity index (χ1) is 12.0. The molecule has 0 unspecified atom stereocenters. The van der Waals surface area contributed by atoms with Crippen molar-refractivity contribution >= 4 is 15.9 Å². The van der Waals surface area contributed by atoms with Gasteiger partial charge in [-0.3, -0.25) is 10.2 Å². The molecule has 6 nitrogen and oxygen atoms in total. The minimum absolute atomic E-state index is 0.0611. The summed E-state index contributed by atoms with van der Waals surface area (Å²) in [5, 5.41) is 1.93. The van der Waals surface area contributed by atoms with Crippen LogP contribution in [0.15, 0.2) is 29.2 Å². The summed E-state index contributed by atoms with van der Waals surface area (Å²) >= 11 is 0. The lowest BCUT2D eigenvalue weighted by Crippen LogP contribution is -2.51. The first-order valence-corrected chi connectivity index (χ1v) is 10.2. The summed E-state index contributed by atoms with van der Waals surface area (Å²) in [5.41, 5.74) is 2.93. The van der Waals surface area contributed by atoms with E-state index < -0.39 is 15.8 Å². The van der Waals surface area contributed by atoms with E-state index in [9.17, 15) is 17.6 Å². The lowest BCUT2D eigenvalue weighted by atomic mass is 9.99. The topological polar surface area (TPSA) is 69.7 Å². The van der Waals surface area contributed by atoms with Crippen molar-refractivity contribution in [3.05, 3.63) is 30.1 Å². The van der Waals surface area contributed by atoms with Gasteiger partial charge in [0.25, 0.3) is 0 Å². The van der Waals surface area contributed by atoms with Crippen LogP contribution in [-0.2, 0) is 14.8 Å². The Morgan fingerprint density at radius 1 is 1.04 bits per heavy atom. The van der Waals surface area contributed by atoms with E-state index in [-0.39, 0.29) is 23.3 Å². The largest absolute Gasteiger partial charge is 0.289 e. The molecule has 1 N–H and O–H groups in total. The van der Waals surface area contributed by atoms with Gasteiger partial charge in [-0.05, 0) is 49.9 Å². The molecule has 3 rings (SSSR count). The van der Waals surface area contributed by atoms with Crippen molar-refractivity contribution in [2.24, 2.45) is 5.92 Å². The van der Waals surface area contributed by atoms with E-state index in [1.807, 2.05) is 5.01 Å². The van der Waals surface area contributed by atoms with Gasteiger partial charge in [0.2, 0.25) is 15.9 Å². The Morgan fingerprint density at radius 3 is 2.40 bits per heavy atom. The van der Waals surface area contributed by atoms with Gasteiger partial charge in [0.15, 0.2) is 0 Å². The van der Waals surface area contributed by atoms with Crippen LogP contribution in [0.5, 0.6) is 0 Å². The summed E-state index contributed by atoms with van der Waals surface area (Å²) in [6, 6.07) is 4.80. The van der Waals surface area contributed by atoms with E-state index in [1.54, 1.807) is 0 Å². The third kappa shape index (κ3) is 4.37. The highest BCUT2D eigenvalue weighted by Gasteiger charge is 2.33. The van der Waals surface area contributed by atoms with Crippen LogP contribution < -0.4 is 5.43 Å². The summed E-state index contributed by atoms with van der Waals surface area (Å²) in [6.45, 7) is 2.23. The molecule has 138 valence electrons. The second-order valence-corrected chi connectivity index (χ2v) is 8.62. The molecule has 1 aromatic carbocycles. The number of benzene rings is 1. The van der Waals surface area contributed by atoms with Gasteiger partial charge in [0.05, 0.1) is 10.8 Å². The summed E-state index contributed by atoms with van der Waals surface area (Å²) in [6.07, 6.45) is 4.62. The Morgan fingerprint density at radius 2 is 1.72 bits per heavy atom.